The van der Waals surface area contributed by atoms with E-state index in [9.17, 15) is 4.79 Å². The fourth-order valence-corrected chi connectivity index (χ4v) is 2.02. The largest absolute Gasteiger partial charge is 0.342 e. The Morgan fingerprint density at radius 3 is 2.62 bits per heavy atom. The fourth-order valence-electron chi connectivity index (χ4n) is 1.90. The third-order valence-electron chi connectivity index (χ3n) is 2.82. The molecule has 0 radical (unpaired) electrons. The molecule has 2 unspecified atom stereocenters. The number of aryl methyl sites for hydroxylation is 1. The molecule has 0 bridgehead atoms. The lowest BCUT2D eigenvalue weighted by molar-refractivity contribution is -0.121. The summed E-state index contributed by atoms with van der Waals surface area (Å²) in [5, 5.41) is 7.36. The lowest BCUT2D eigenvalue weighted by atomic mass is 10.1. The number of amides is 1. The molecule has 1 aromatic heterocycles. The van der Waals surface area contributed by atoms with Crippen LogP contribution in [0.15, 0.2) is 28.8 Å². The standard InChI is InChI=1S/C14H17ClN4O2/c1-8(16)7-12(20)18-13(14-17-9(2)21-19-14)10-3-5-11(15)6-4-10/h3-6,8,13H,7,16H2,1-2H3,(H,18,20). The lowest BCUT2D eigenvalue weighted by Crippen LogP contribution is -2.33. The fraction of sp³-hybridized carbons (Fsp3) is 0.357. The van der Waals surface area contributed by atoms with Gasteiger partial charge >= 0.3 is 0 Å². The van der Waals surface area contributed by atoms with Crippen molar-refractivity contribution in [1.82, 2.24) is 15.5 Å². The number of hydrogen-bond acceptors (Lipinski definition) is 5. The highest BCUT2D eigenvalue weighted by atomic mass is 35.5. The Bertz CT molecular complexity index is 610. The van der Waals surface area contributed by atoms with Crippen LogP contribution < -0.4 is 11.1 Å². The third kappa shape index (κ3) is 4.27. The van der Waals surface area contributed by atoms with Crippen molar-refractivity contribution in [2.75, 3.05) is 0 Å². The van der Waals surface area contributed by atoms with Gasteiger partial charge in [0.2, 0.25) is 11.8 Å². The van der Waals surface area contributed by atoms with E-state index >= 15 is 0 Å². The number of rotatable bonds is 5. The number of carbonyl (C=O) groups excluding carboxylic acids is 1. The van der Waals surface area contributed by atoms with Crippen molar-refractivity contribution < 1.29 is 9.32 Å². The Morgan fingerprint density at radius 2 is 2.10 bits per heavy atom. The first-order valence-electron chi connectivity index (χ1n) is 6.56. The van der Waals surface area contributed by atoms with Gasteiger partial charge in [-0.25, -0.2) is 0 Å². The van der Waals surface area contributed by atoms with Crippen LogP contribution in [0, 0.1) is 6.92 Å². The zero-order chi connectivity index (χ0) is 15.4. The number of carbonyl (C=O) groups is 1. The van der Waals surface area contributed by atoms with Crippen LogP contribution >= 0.6 is 11.6 Å². The number of hydrogen-bond donors (Lipinski definition) is 2. The van der Waals surface area contributed by atoms with E-state index in [0.717, 1.165) is 5.56 Å². The first-order chi connectivity index (χ1) is 9.95. The molecular weight excluding hydrogens is 292 g/mol. The minimum atomic E-state index is -0.494. The Hall–Kier alpha value is -1.92. The Labute approximate surface area is 127 Å². The van der Waals surface area contributed by atoms with Crippen LogP contribution in [0.4, 0.5) is 0 Å². The first-order valence-corrected chi connectivity index (χ1v) is 6.94. The quantitative estimate of drug-likeness (QED) is 0.880. The van der Waals surface area contributed by atoms with Crippen LogP contribution in [-0.4, -0.2) is 22.1 Å². The summed E-state index contributed by atoms with van der Waals surface area (Å²) in [5.41, 5.74) is 6.46. The van der Waals surface area contributed by atoms with Gasteiger partial charge in [0.25, 0.3) is 0 Å². The third-order valence-corrected chi connectivity index (χ3v) is 3.07. The number of nitrogens with zero attached hydrogens (tertiary/aromatic N) is 2. The number of nitrogens with two attached hydrogens (primary N) is 1. The maximum absolute atomic E-state index is 12.0. The van der Waals surface area contributed by atoms with E-state index in [1.165, 1.54) is 0 Å². The summed E-state index contributed by atoms with van der Waals surface area (Å²) in [4.78, 5) is 16.2. The predicted molar refractivity (Wildman–Crippen MR) is 78.7 cm³/mol. The van der Waals surface area contributed by atoms with Crippen molar-refractivity contribution in [2.45, 2.75) is 32.4 Å². The molecule has 2 atom stereocenters. The van der Waals surface area contributed by atoms with Gasteiger partial charge < -0.3 is 15.6 Å². The van der Waals surface area contributed by atoms with Gasteiger partial charge in [0, 0.05) is 24.4 Å². The maximum atomic E-state index is 12.0. The Morgan fingerprint density at radius 1 is 1.43 bits per heavy atom. The molecule has 0 aliphatic rings. The molecule has 3 N–H and O–H groups in total. The molecule has 2 rings (SSSR count). The van der Waals surface area contributed by atoms with E-state index in [4.69, 9.17) is 21.9 Å². The highest BCUT2D eigenvalue weighted by Crippen LogP contribution is 2.21. The SMILES string of the molecule is Cc1nc(C(NC(=O)CC(C)N)c2ccc(Cl)cc2)no1. The second kappa shape index (κ2) is 6.69. The molecular formula is C14H17ClN4O2. The Kier molecular flexibility index (Phi) is 4.93. The van der Waals surface area contributed by atoms with Crippen molar-refractivity contribution in [1.29, 1.82) is 0 Å². The molecule has 21 heavy (non-hydrogen) atoms. The molecule has 1 aromatic carbocycles. The molecule has 1 heterocycles. The van der Waals surface area contributed by atoms with Gasteiger partial charge in [-0.2, -0.15) is 4.98 Å². The molecule has 2 aromatic rings. The highest BCUT2D eigenvalue weighted by molar-refractivity contribution is 6.30. The van der Waals surface area contributed by atoms with Crippen molar-refractivity contribution in [3.63, 3.8) is 0 Å². The molecule has 0 aliphatic heterocycles. The predicted octanol–water partition coefficient (Wildman–Crippen LogP) is 1.97. The van der Waals surface area contributed by atoms with Crippen LogP contribution in [-0.2, 0) is 4.79 Å². The summed E-state index contributed by atoms with van der Waals surface area (Å²) in [6.07, 6.45) is 0.223. The summed E-state index contributed by atoms with van der Waals surface area (Å²) < 4.78 is 4.99. The van der Waals surface area contributed by atoms with Gasteiger partial charge in [-0.05, 0) is 24.6 Å². The van der Waals surface area contributed by atoms with Gasteiger partial charge in [0.15, 0.2) is 5.82 Å². The van der Waals surface area contributed by atoms with E-state index in [2.05, 4.69) is 15.5 Å². The summed E-state index contributed by atoms with van der Waals surface area (Å²) in [6.45, 7) is 3.47. The monoisotopic (exact) mass is 308 g/mol. The van der Waals surface area contributed by atoms with Gasteiger partial charge in [-0.1, -0.05) is 28.9 Å². The second-order valence-corrected chi connectivity index (χ2v) is 5.34. The van der Waals surface area contributed by atoms with Crippen LogP contribution in [0.25, 0.3) is 0 Å². The van der Waals surface area contributed by atoms with Crippen molar-refractivity contribution >= 4 is 17.5 Å². The zero-order valence-electron chi connectivity index (χ0n) is 11.8. The molecule has 1 amide bonds. The minimum Gasteiger partial charge on any atom is -0.342 e. The van der Waals surface area contributed by atoms with Gasteiger partial charge in [0.05, 0.1) is 0 Å². The van der Waals surface area contributed by atoms with E-state index < -0.39 is 6.04 Å². The van der Waals surface area contributed by atoms with Gasteiger partial charge in [-0.3, -0.25) is 4.79 Å². The van der Waals surface area contributed by atoms with Crippen molar-refractivity contribution in [3.8, 4) is 0 Å². The maximum Gasteiger partial charge on any atom is 0.223 e. The summed E-state index contributed by atoms with van der Waals surface area (Å²) in [5.74, 6) is 0.658. The molecule has 0 spiro atoms. The molecule has 0 fully saturated rings. The number of aromatic nitrogens is 2. The average Bonchev–Trinajstić information content (AvgIpc) is 2.83. The molecule has 0 aliphatic carbocycles. The Balaban J connectivity index is 2.26. The molecule has 0 saturated heterocycles. The number of nitrogens with one attached hydrogen (secondary N) is 1. The van der Waals surface area contributed by atoms with Gasteiger partial charge in [0.1, 0.15) is 6.04 Å². The average molecular weight is 309 g/mol. The van der Waals surface area contributed by atoms with E-state index in [1.807, 2.05) is 12.1 Å². The molecule has 112 valence electrons. The lowest BCUT2D eigenvalue weighted by Gasteiger charge is -2.16. The van der Waals surface area contributed by atoms with E-state index in [1.54, 1.807) is 26.0 Å². The second-order valence-electron chi connectivity index (χ2n) is 4.91. The van der Waals surface area contributed by atoms with Crippen LogP contribution in [0.2, 0.25) is 5.02 Å². The van der Waals surface area contributed by atoms with Crippen LogP contribution in [0.5, 0.6) is 0 Å². The first kappa shape index (κ1) is 15.5. The molecule has 6 nitrogen and oxygen atoms in total. The van der Waals surface area contributed by atoms with Crippen molar-refractivity contribution in [2.24, 2.45) is 5.73 Å². The topological polar surface area (TPSA) is 94.0 Å². The molecule has 0 saturated carbocycles. The number of halogens is 1. The normalized spacial score (nSPS) is 13.7. The van der Waals surface area contributed by atoms with Crippen molar-refractivity contribution in [3.05, 3.63) is 46.6 Å². The zero-order valence-corrected chi connectivity index (χ0v) is 12.6. The van der Waals surface area contributed by atoms with E-state index in [-0.39, 0.29) is 18.4 Å². The summed E-state index contributed by atoms with van der Waals surface area (Å²) in [7, 11) is 0. The van der Waals surface area contributed by atoms with E-state index in [0.29, 0.717) is 16.7 Å². The smallest absolute Gasteiger partial charge is 0.223 e. The summed E-state index contributed by atoms with van der Waals surface area (Å²) >= 11 is 5.89. The minimum absolute atomic E-state index is 0.174. The summed E-state index contributed by atoms with van der Waals surface area (Å²) in [6, 6.07) is 6.40. The highest BCUT2D eigenvalue weighted by Gasteiger charge is 2.22. The molecule has 7 heteroatoms. The van der Waals surface area contributed by atoms with Crippen LogP contribution in [0.1, 0.15) is 36.7 Å². The number of benzene rings is 1. The van der Waals surface area contributed by atoms with Gasteiger partial charge in [-0.15, -0.1) is 0 Å². The van der Waals surface area contributed by atoms with Crippen LogP contribution in [0.3, 0.4) is 0 Å².